The summed E-state index contributed by atoms with van der Waals surface area (Å²) in [6.07, 6.45) is 0.188. The molecule has 0 amide bonds. The van der Waals surface area contributed by atoms with Gasteiger partial charge in [0.15, 0.2) is 9.84 Å². The molecule has 0 spiro atoms. The minimum Gasteiger partial charge on any atom is -0.491 e. The van der Waals surface area contributed by atoms with Gasteiger partial charge in [-0.05, 0) is 24.3 Å². The smallest absolute Gasteiger partial charge is 0.175 e. The van der Waals surface area contributed by atoms with E-state index in [1.807, 2.05) is 0 Å². The Labute approximate surface area is 94.2 Å². The molecule has 0 aliphatic rings. The van der Waals surface area contributed by atoms with Crippen LogP contribution >= 0.6 is 0 Å². The summed E-state index contributed by atoms with van der Waals surface area (Å²) in [5.41, 5.74) is 0. The topological polar surface area (TPSA) is 83.8 Å². The van der Waals surface area contributed by atoms with E-state index in [2.05, 4.69) is 0 Å². The van der Waals surface area contributed by atoms with Crippen molar-refractivity contribution in [3.63, 3.8) is 0 Å². The molecule has 2 N–H and O–H groups in total. The van der Waals surface area contributed by atoms with Gasteiger partial charge in [0.2, 0.25) is 0 Å². The predicted octanol–water partition coefficient (Wildman–Crippen LogP) is -0.178. The third-order valence-corrected chi connectivity index (χ3v) is 3.03. The van der Waals surface area contributed by atoms with Crippen molar-refractivity contribution >= 4 is 9.84 Å². The minimum atomic E-state index is -3.20. The molecule has 0 aliphatic heterocycles. The van der Waals surface area contributed by atoms with Crippen molar-refractivity contribution in [3.05, 3.63) is 24.3 Å². The second-order valence-corrected chi connectivity index (χ2v) is 5.41. The molecule has 16 heavy (non-hydrogen) atoms. The number of sulfone groups is 1. The third kappa shape index (κ3) is 3.80. The van der Waals surface area contributed by atoms with Gasteiger partial charge in [-0.25, -0.2) is 8.42 Å². The highest BCUT2D eigenvalue weighted by Gasteiger charge is 2.07. The van der Waals surface area contributed by atoms with Gasteiger partial charge in [0.1, 0.15) is 18.5 Å². The summed E-state index contributed by atoms with van der Waals surface area (Å²) >= 11 is 0. The molecule has 0 saturated heterocycles. The van der Waals surface area contributed by atoms with Gasteiger partial charge in [0, 0.05) is 6.26 Å². The van der Waals surface area contributed by atoms with Crippen molar-refractivity contribution in [1.29, 1.82) is 0 Å². The number of benzene rings is 1. The van der Waals surface area contributed by atoms with Crippen molar-refractivity contribution < 1.29 is 23.4 Å². The summed E-state index contributed by atoms with van der Waals surface area (Å²) in [5, 5.41) is 17.6. The zero-order valence-electron chi connectivity index (χ0n) is 8.83. The highest BCUT2D eigenvalue weighted by atomic mass is 32.2. The van der Waals surface area contributed by atoms with Gasteiger partial charge >= 0.3 is 0 Å². The Morgan fingerprint density at radius 2 is 1.88 bits per heavy atom. The Balaban J connectivity index is 2.66. The predicted molar refractivity (Wildman–Crippen MR) is 58.1 cm³/mol. The van der Waals surface area contributed by atoms with Gasteiger partial charge in [0.05, 0.1) is 11.5 Å². The van der Waals surface area contributed by atoms with Crippen molar-refractivity contribution in [2.45, 2.75) is 11.0 Å². The van der Waals surface area contributed by atoms with Crippen molar-refractivity contribution in [2.24, 2.45) is 0 Å². The fourth-order valence-corrected chi connectivity index (χ4v) is 1.66. The van der Waals surface area contributed by atoms with Crippen LogP contribution in [0.1, 0.15) is 0 Å². The number of ether oxygens (including phenoxy) is 1. The lowest BCUT2D eigenvalue weighted by Crippen LogP contribution is -2.21. The number of hydrogen-bond acceptors (Lipinski definition) is 5. The van der Waals surface area contributed by atoms with Crippen LogP contribution < -0.4 is 4.74 Å². The van der Waals surface area contributed by atoms with Crippen LogP contribution in [-0.2, 0) is 9.84 Å². The lowest BCUT2D eigenvalue weighted by atomic mass is 10.3. The van der Waals surface area contributed by atoms with Crippen molar-refractivity contribution in [3.8, 4) is 5.75 Å². The van der Waals surface area contributed by atoms with Gasteiger partial charge in [-0.2, -0.15) is 0 Å². The normalized spacial score (nSPS) is 13.4. The second kappa shape index (κ2) is 5.29. The Morgan fingerprint density at radius 3 is 2.31 bits per heavy atom. The Bertz CT molecular complexity index is 423. The summed E-state index contributed by atoms with van der Waals surface area (Å²) in [7, 11) is -3.20. The highest BCUT2D eigenvalue weighted by Crippen LogP contribution is 2.15. The minimum absolute atomic E-state index is 0.0330. The molecule has 1 rings (SSSR count). The summed E-state index contributed by atoms with van der Waals surface area (Å²) in [5.74, 6) is 0.444. The van der Waals surface area contributed by atoms with E-state index in [0.29, 0.717) is 5.75 Å². The van der Waals surface area contributed by atoms with Crippen LogP contribution in [0.3, 0.4) is 0 Å². The van der Waals surface area contributed by atoms with E-state index in [4.69, 9.17) is 14.9 Å². The number of hydrogen-bond donors (Lipinski definition) is 2. The number of aliphatic hydroxyl groups is 2. The maximum atomic E-state index is 11.1. The molecule has 1 unspecified atom stereocenters. The molecule has 5 nitrogen and oxygen atoms in total. The number of rotatable bonds is 5. The van der Waals surface area contributed by atoms with E-state index >= 15 is 0 Å². The number of aliphatic hydroxyl groups excluding tert-OH is 2. The molecule has 0 aromatic heterocycles. The molecule has 6 heteroatoms. The summed E-state index contributed by atoms with van der Waals surface area (Å²) < 4.78 is 27.4. The van der Waals surface area contributed by atoms with E-state index < -0.39 is 15.9 Å². The fourth-order valence-electron chi connectivity index (χ4n) is 1.03. The van der Waals surface area contributed by atoms with Gasteiger partial charge < -0.3 is 14.9 Å². The summed E-state index contributed by atoms with van der Waals surface area (Å²) in [4.78, 5) is 0.211. The van der Waals surface area contributed by atoms with E-state index in [1.165, 1.54) is 24.3 Å². The maximum Gasteiger partial charge on any atom is 0.175 e. The van der Waals surface area contributed by atoms with E-state index in [-0.39, 0.29) is 18.1 Å². The van der Waals surface area contributed by atoms with Crippen LogP contribution in [0.25, 0.3) is 0 Å². The van der Waals surface area contributed by atoms with Crippen LogP contribution in [0.2, 0.25) is 0 Å². The molecule has 1 aromatic carbocycles. The van der Waals surface area contributed by atoms with Crippen LogP contribution in [0.5, 0.6) is 5.75 Å². The largest absolute Gasteiger partial charge is 0.491 e. The molecule has 90 valence electrons. The molecule has 1 atom stereocenters. The molecule has 0 radical (unpaired) electrons. The molecule has 0 aliphatic carbocycles. The average molecular weight is 246 g/mol. The molecule has 0 saturated carbocycles. The van der Waals surface area contributed by atoms with E-state index in [0.717, 1.165) is 6.26 Å². The van der Waals surface area contributed by atoms with Crippen LogP contribution in [0.15, 0.2) is 29.2 Å². The molecule has 0 fully saturated rings. The first-order valence-electron chi connectivity index (χ1n) is 4.65. The maximum absolute atomic E-state index is 11.1. The first-order chi connectivity index (χ1) is 7.43. The van der Waals surface area contributed by atoms with Crippen molar-refractivity contribution in [1.82, 2.24) is 0 Å². The van der Waals surface area contributed by atoms with E-state index in [1.54, 1.807) is 0 Å². The lowest BCUT2D eigenvalue weighted by Gasteiger charge is -2.09. The van der Waals surface area contributed by atoms with Gasteiger partial charge in [-0.3, -0.25) is 0 Å². The summed E-state index contributed by atoms with van der Waals surface area (Å²) in [6, 6.07) is 5.85. The van der Waals surface area contributed by atoms with Crippen LogP contribution in [-0.4, -0.2) is 44.2 Å². The first-order valence-corrected chi connectivity index (χ1v) is 6.54. The molecule has 1 aromatic rings. The molecule has 0 bridgehead atoms. The standard InChI is InChI=1S/C10H14O5S/c1-16(13,14)10-4-2-9(3-5-10)15-7-8(12)6-11/h2-5,8,11-12H,6-7H2,1H3. The lowest BCUT2D eigenvalue weighted by molar-refractivity contribution is 0.0536. The monoisotopic (exact) mass is 246 g/mol. The van der Waals surface area contributed by atoms with Crippen molar-refractivity contribution in [2.75, 3.05) is 19.5 Å². The Kier molecular flexibility index (Phi) is 4.28. The molecular weight excluding hydrogens is 232 g/mol. The first kappa shape index (κ1) is 13.0. The Morgan fingerprint density at radius 1 is 1.31 bits per heavy atom. The van der Waals surface area contributed by atoms with Crippen LogP contribution in [0, 0.1) is 0 Å². The molecular formula is C10H14O5S. The quantitative estimate of drug-likeness (QED) is 0.753. The highest BCUT2D eigenvalue weighted by molar-refractivity contribution is 7.90. The van der Waals surface area contributed by atoms with Gasteiger partial charge in [-0.1, -0.05) is 0 Å². The zero-order valence-corrected chi connectivity index (χ0v) is 9.64. The molecule has 0 heterocycles. The van der Waals surface area contributed by atoms with E-state index in [9.17, 15) is 8.42 Å². The van der Waals surface area contributed by atoms with Crippen LogP contribution in [0.4, 0.5) is 0 Å². The van der Waals surface area contributed by atoms with Gasteiger partial charge in [-0.15, -0.1) is 0 Å². The fraction of sp³-hybridized carbons (Fsp3) is 0.400. The Hall–Kier alpha value is -1.11. The second-order valence-electron chi connectivity index (χ2n) is 3.39. The summed E-state index contributed by atoms with van der Waals surface area (Å²) in [6.45, 7) is -0.407. The average Bonchev–Trinajstić information content (AvgIpc) is 2.25. The zero-order chi connectivity index (χ0) is 12.2. The van der Waals surface area contributed by atoms with Gasteiger partial charge in [0.25, 0.3) is 0 Å². The third-order valence-electron chi connectivity index (χ3n) is 1.91. The SMILES string of the molecule is CS(=O)(=O)c1ccc(OCC(O)CO)cc1.